The quantitative estimate of drug-likeness (QED) is 0.774. The molecule has 8 heteroatoms. The van der Waals surface area contributed by atoms with Gasteiger partial charge in [0.05, 0.1) is 6.20 Å². The van der Waals surface area contributed by atoms with Crippen LogP contribution in [0, 0.1) is 0 Å². The summed E-state index contributed by atoms with van der Waals surface area (Å²) in [6, 6.07) is 1.83. The molecule has 1 aliphatic rings. The van der Waals surface area contributed by atoms with Gasteiger partial charge in [-0.15, -0.1) is 0 Å². The molecule has 1 aromatic heterocycles. The van der Waals surface area contributed by atoms with Crippen LogP contribution >= 0.6 is 0 Å². The Morgan fingerprint density at radius 1 is 1.37 bits per heavy atom. The zero-order valence-corrected chi connectivity index (χ0v) is 12.2. The predicted octanol–water partition coefficient (Wildman–Crippen LogP) is -0.926. The van der Waals surface area contributed by atoms with Crippen molar-refractivity contribution in [1.82, 2.24) is 19.0 Å². The number of nitrogens with two attached hydrogens (primary N) is 1. The summed E-state index contributed by atoms with van der Waals surface area (Å²) in [5, 5.41) is 4.16. The number of nitrogens with zero attached hydrogens (tertiary/aromatic N) is 4. The van der Waals surface area contributed by atoms with E-state index in [4.69, 9.17) is 5.73 Å². The molecule has 1 unspecified atom stereocenters. The molecule has 1 atom stereocenters. The minimum absolute atomic E-state index is 0.243. The molecular formula is C11H21N5O2S. The normalized spacial score (nSPS) is 20.6. The number of aromatic nitrogens is 2. The first kappa shape index (κ1) is 14.4. The van der Waals surface area contributed by atoms with Gasteiger partial charge in [0.25, 0.3) is 10.0 Å². The molecule has 2 rings (SSSR count). The lowest BCUT2D eigenvalue weighted by Crippen LogP contribution is -2.52. The van der Waals surface area contributed by atoms with E-state index in [1.54, 1.807) is 7.05 Å². The summed E-state index contributed by atoms with van der Waals surface area (Å²) in [5.41, 5.74) is 5.64. The molecule has 0 aromatic carbocycles. The lowest BCUT2D eigenvalue weighted by Gasteiger charge is -2.36. The van der Waals surface area contributed by atoms with Crippen molar-refractivity contribution < 1.29 is 8.42 Å². The van der Waals surface area contributed by atoms with Gasteiger partial charge < -0.3 is 5.73 Å². The highest BCUT2D eigenvalue weighted by molar-refractivity contribution is 7.89. The van der Waals surface area contributed by atoms with Crippen molar-refractivity contribution in [3.05, 3.63) is 12.3 Å². The number of piperazine rings is 1. The predicted molar refractivity (Wildman–Crippen MR) is 72.1 cm³/mol. The molecule has 0 spiro atoms. The van der Waals surface area contributed by atoms with Crippen LogP contribution in [0.1, 0.15) is 6.92 Å². The largest absolute Gasteiger partial charge is 0.329 e. The smallest absolute Gasteiger partial charge is 0.260 e. The fraction of sp³-hybridized carbons (Fsp3) is 0.727. The minimum atomic E-state index is -3.43. The summed E-state index contributed by atoms with van der Waals surface area (Å²) >= 11 is 0. The van der Waals surface area contributed by atoms with E-state index in [0.717, 1.165) is 13.1 Å². The average molecular weight is 287 g/mol. The van der Waals surface area contributed by atoms with Gasteiger partial charge in [-0.1, -0.05) is 0 Å². The van der Waals surface area contributed by atoms with Crippen LogP contribution in [0.3, 0.4) is 0 Å². The van der Waals surface area contributed by atoms with Gasteiger partial charge in [-0.05, 0) is 13.0 Å². The molecule has 0 aliphatic carbocycles. The molecule has 1 fully saturated rings. The second-order valence-corrected chi connectivity index (χ2v) is 6.70. The number of hydrogen-bond donors (Lipinski definition) is 1. The summed E-state index contributed by atoms with van der Waals surface area (Å²) in [7, 11) is -1.79. The van der Waals surface area contributed by atoms with Crippen molar-refractivity contribution in [2.45, 2.75) is 18.0 Å². The minimum Gasteiger partial charge on any atom is -0.329 e. The van der Waals surface area contributed by atoms with Gasteiger partial charge >= 0.3 is 0 Å². The molecule has 0 bridgehead atoms. The molecule has 2 N–H and O–H groups in total. The first-order valence-electron chi connectivity index (χ1n) is 6.39. The Morgan fingerprint density at radius 3 is 2.47 bits per heavy atom. The Morgan fingerprint density at radius 2 is 2.00 bits per heavy atom. The number of sulfonamides is 1. The molecule has 0 radical (unpaired) electrons. The first-order chi connectivity index (χ1) is 8.96. The highest BCUT2D eigenvalue weighted by atomic mass is 32.2. The van der Waals surface area contributed by atoms with E-state index >= 15 is 0 Å². The summed E-state index contributed by atoms with van der Waals surface area (Å²) in [5.74, 6) is 0. The van der Waals surface area contributed by atoms with E-state index < -0.39 is 10.0 Å². The van der Waals surface area contributed by atoms with E-state index in [1.165, 1.54) is 21.3 Å². The van der Waals surface area contributed by atoms with Crippen molar-refractivity contribution in [3.63, 3.8) is 0 Å². The van der Waals surface area contributed by atoms with Crippen molar-refractivity contribution in [2.24, 2.45) is 12.8 Å². The van der Waals surface area contributed by atoms with E-state index in [2.05, 4.69) is 16.9 Å². The van der Waals surface area contributed by atoms with Crippen LogP contribution in [0.25, 0.3) is 0 Å². The van der Waals surface area contributed by atoms with Crippen LogP contribution in [0.5, 0.6) is 0 Å². The summed E-state index contributed by atoms with van der Waals surface area (Å²) in [6.07, 6.45) is 1.50. The van der Waals surface area contributed by atoms with Crippen LogP contribution < -0.4 is 5.73 Å². The van der Waals surface area contributed by atoms with E-state index in [1.807, 2.05) is 0 Å². The fourth-order valence-corrected chi connectivity index (χ4v) is 3.80. The molecule has 108 valence electrons. The maximum absolute atomic E-state index is 12.4. The maximum Gasteiger partial charge on any atom is 0.260 e. The Hall–Kier alpha value is -0.960. The summed E-state index contributed by atoms with van der Waals surface area (Å²) in [6.45, 7) is 5.08. The van der Waals surface area contributed by atoms with Gasteiger partial charge in [-0.25, -0.2) is 8.42 Å². The molecular weight excluding hydrogens is 266 g/mol. The van der Waals surface area contributed by atoms with E-state index in [0.29, 0.717) is 25.7 Å². The third-order valence-corrected chi connectivity index (χ3v) is 5.59. The highest BCUT2D eigenvalue weighted by Gasteiger charge is 2.31. The number of hydrogen-bond acceptors (Lipinski definition) is 5. The standard InChI is InChI=1S/C11H21N5O2S/c1-10(9-12)15-5-7-16(8-6-15)19(17,18)11-3-4-13-14(11)2/h3-4,10H,5-9,12H2,1-2H3. The molecule has 7 nitrogen and oxygen atoms in total. The molecule has 2 heterocycles. The van der Waals surface area contributed by atoms with Gasteiger partial charge in [-0.2, -0.15) is 9.40 Å². The van der Waals surface area contributed by atoms with Crippen LogP contribution in [0.2, 0.25) is 0 Å². The van der Waals surface area contributed by atoms with Gasteiger partial charge in [0.2, 0.25) is 0 Å². The molecule has 0 saturated carbocycles. The van der Waals surface area contributed by atoms with Gasteiger partial charge in [0.15, 0.2) is 5.03 Å². The number of aryl methyl sites for hydroxylation is 1. The van der Waals surface area contributed by atoms with Gasteiger partial charge in [0, 0.05) is 45.8 Å². The van der Waals surface area contributed by atoms with Crippen LogP contribution in [-0.2, 0) is 17.1 Å². The summed E-state index contributed by atoms with van der Waals surface area (Å²) in [4.78, 5) is 2.22. The molecule has 1 saturated heterocycles. The Bertz CT molecular complexity index is 519. The van der Waals surface area contributed by atoms with E-state index in [9.17, 15) is 8.42 Å². The molecule has 19 heavy (non-hydrogen) atoms. The molecule has 1 aliphatic heterocycles. The topological polar surface area (TPSA) is 84.5 Å². The molecule has 0 amide bonds. The van der Waals surface area contributed by atoms with E-state index in [-0.39, 0.29) is 5.03 Å². The van der Waals surface area contributed by atoms with Gasteiger partial charge in [0.1, 0.15) is 0 Å². The second kappa shape index (κ2) is 5.58. The Balaban J connectivity index is 2.08. The monoisotopic (exact) mass is 287 g/mol. The van der Waals surface area contributed by atoms with Crippen molar-refractivity contribution >= 4 is 10.0 Å². The van der Waals surface area contributed by atoms with Crippen LogP contribution in [0.15, 0.2) is 17.3 Å². The molecule has 1 aromatic rings. The van der Waals surface area contributed by atoms with Crippen LogP contribution in [0.4, 0.5) is 0 Å². The van der Waals surface area contributed by atoms with Crippen molar-refractivity contribution in [1.29, 1.82) is 0 Å². The van der Waals surface area contributed by atoms with Crippen LogP contribution in [-0.4, -0.2) is 66.2 Å². The Labute approximate surface area is 114 Å². The van der Waals surface area contributed by atoms with Gasteiger partial charge in [-0.3, -0.25) is 9.58 Å². The Kier molecular flexibility index (Phi) is 4.24. The average Bonchev–Trinajstić information content (AvgIpc) is 2.85. The maximum atomic E-state index is 12.4. The summed E-state index contributed by atoms with van der Waals surface area (Å²) < 4.78 is 27.8. The SMILES string of the molecule is CC(CN)N1CCN(S(=O)(=O)c2ccnn2C)CC1. The lowest BCUT2D eigenvalue weighted by atomic mass is 10.2. The zero-order valence-electron chi connectivity index (χ0n) is 11.4. The third-order valence-electron chi connectivity index (χ3n) is 3.62. The zero-order chi connectivity index (χ0) is 14.0. The van der Waals surface area contributed by atoms with Crippen molar-refractivity contribution in [3.8, 4) is 0 Å². The fourth-order valence-electron chi connectivity index (χ4n) is 2.28. The second-order valence-electron chi connectivity index (χ2n) is 4.82. The van der Waals surface area contributed by atoms with Crippen molar-refractivity contribution in [2.75, 3.05) is 32.7 Å². The first-order valence-corrected chi connectivity index (χ1v) is 7.83. The lowest BCUT2D eigenvalue weighted by molar-refractivity contribution is 0.148. The third kappa shape index (κ3) is 2.81. The number of rotatable bonds is 4. The highest BCUT2D eigenvalue weighted by Crippen LogP contribution is 2.17.